The van der Waals surface area contributed by atoms with Crippen LogP contribution in [0.25, 0.3) is 0 Å². The van der Waals surface area contributed by atoms with Crippen LogP contribution < -0.4 is 11.2 Å². The fourth-order valence-corrected chi connectivity index (χ4v) is 2.74. The van der Waals surface area contributed by atoms with E-state index in [0.717, 1.165) is 16.9 Å². The van der Waals surface area contributed by atoms with E-state index in [1.54, 1.807) is 14.1 Å². The van der Waals surface area contributed by atoms with Crippen LogP contribution in [0.2, 0.25) is 0 Å². The van der Waals surface area contributed by atoms with Crippen molar-refractivity contribution >= 4 is 17.6 Å². The molecule has 1 heterocycles. The van der Waals surface area contributed by atoms with Gasteiger partial charge in [-0.2, -0.15) is 5.10 Å². The van der Waals surface area contributed by atoms with Crippen molar-refractivity contribution in [1.29, 1.82) is 0 Å². The number of nitrogens with zero attached hydrogens (tertiary/aromatic N) is 2. The molecule has 1 aromatic heterocycles. The smallest absolute Gasteiger partial charge is 0.332 e. The van der Waals surface area contributed by atoms with E-state index in [9.17, 15) is 9.59 Å². The number of carbonyl (C=O) groups excluding carboxylic acids is 2. The molecule has 0 aliphatic heterocycles. The van der Waals surface area contributed by atoms with Crippen molar-refractivity contribution < 1.29 is 14.0 Å². The lowest BCUT2D eigenvalue weighted by atomic mass is 9.75. The molecule has 1 aliphatic rings. The second-order valence-corrected chi connectivity index (χ2v) is 6.61. The third kappa shape index (κ3) is 2.98. The van der Waals surface area contributed by atoms with Crippen LogP contribution >= 0.6 is 0 Å². The van der Waals surface area contributed by atoms with Gasteiger partial charge in [0, 0.05) is 31.6 Å². The van der Waals surface area contributed by atoms with Crippen LogP contribution in [-0.2, 0) is 6.42 Å². The lowest BCUT2D eigenvalue weighted by Crippen LogP contribution is -2.31. The van der Waals surface area contributed by atoms with Gasteiger partial charge in [-0.05, 0) is 18.8 Å². The predicted octanol–water partition coefficient (Wildman–Crippen LogP) is 1.63. The number of rotatable bonds is 2. The maximum atomic E-state index is 12.2. The maximum absolute atomic E-state index is 12.2. The van der Waals surface area contributed by atoms with Gasteiger partial charge < -0.3 is 15.1 Å². The van der Waals surface area contributed by atoms with Crippen LogP contribution in [0.1, 0.15) is 47.7 Å². The Balaban J connectivity index is 2.54. The molecular formula is C15H22N4O3. The van der Waals surface area contributed by atoms with E-state index < -0.39 is 6.03 Å². The van der Waals surface area contributed by atoms with Crippen molar-refractivity contribution in [2.75, 3.05) is 14.1 Å². The number of furan rings is 1. The molecule has 0 spiro atoms. The molecule has 0 fully saturated rings. The second-order valence-electron chi connectivity index (χ2n) is 6.61. The molecule has 0 saturated carbocycles. The molecule has 0 radical (unpaired) electrons. The molecule has 7 nitrogen and oxygen atoms in total. The zero-order valence-electron chi connectivity index (χ0n) is 13.6. The first-order valence-electron chi connectivity index (χ1n) is 7.08. The molecule has 3 N–H and O–H groups in total. The summed E-state index contributed by atoms with van der Waals surface area (Å²) in [6, 6.07) is -0.719. The second kappa shape index (κ2) is 5.47. The van der Waals surface area contributed by atoms with Crippen LogP contribution in [0.3, 0.4) is 0 Å². The molecule has 0 atom stereocenters. The average molecular weight is 306 g/mol. The topological polar surface area (TPSA) is 101 Å². The molecular weight excluding hydrogens is 284 g/mol. The van der Waals surface area contributed by atoms with E-state index in [0.29, 0.717) is 24.3 Å². The fraction of sp³-hybridized carbons (Fsp3) is 0.533. The molecule has 0 aromatic carbocycles. The SMILES string of the molecule is Cc1c(C(=O)N(C)C)oc2c1/C(=N\NC(N)=O)CC(C)(C)C2. The van der Waals surface area contributed by atoms with Crippen LogP contribution in [-0.4, -0.2) is 36.6 Å². The van der Waals surface area contributed by atoms with E-state index in [2.05, 4.69) is 24.4 Å². The number of hydrogen-bond donors (Lipinski definition) is 2. The highest BCUT2D eigenvalue weighted by Gasteiger charge is 2.36. The molecule has 22 heavy (non-hydrogen) atoms. The van der Waals surface area contributed by atoms with Crippen molar-refractivity contribution in [3.63, 3.8) is 0 Å². The molecule has 0 saturated heterocycles. The van der Waals surface area contributed by atoms with Gasteiger partial charge in [0.2, 0.25) is 0 Å². The molecule has 1 aliphatic carbocycles. The van der Waals surface area contributed by atoms with Crippen molar-refractivity contribution in [1.82, 2.24) is 10.3 Å². The largest absolute Gasteiger partial charge is 0.455 e. The predicted molar refractivity (Wildman–Crippen MR) is 82.8 cm³/mol. The van der Waals surface area contributed by atoms with Crippen LogP contribution in [0, 0.1) is 12.3 Å². The van der Waals surface area contributed by atoms with Gasteiger partial charge in [-0.25, -0.2) is 10.2 Å². The Bertz CT molecular complexity index is 656. The number of primary amides is 1. The summed E-state index contributed by atoms with van der Waals surface area (Å²) in [6.45, 7) is 6.00. The molecule has 3 amide bonds. The Hall–Kier alpha value is -2.31. The zero-order valence-corrected chi connectivity index (χ0v) is 13.6. The number of amides is 3. The third-order valence-electron chi connectivity index (χ3n) is 3.69. The number of urea groups is 1. The maximum Gasteiger partial charge on any atom is 0.332 e. The monoisotopic (exact) mass is 306 g/mol. The van der Waals surface area contributed by atoms with Gasteiger partial charge in [-0.15, -0.1) is 0 Å². The van der Waals surface area contributed by atoms with E-state index in [-0.39, 0.29) is 11.3 Å². The highest BCUT2D eigenvalue weighted by Crippen LogP contribution is 2.38. The lowest BCUT2D eigenvalue weighted by Gasteiger charge is -2.29. The molecule has 7 heteroatoms. The first-order valence-corrected chi connectivity index (χ1v) is 7.08. The highest BCUT2D eigenvalue weighted by molar-refractivity contribution is 6.07. The summed E-state index contributed by atoms with van der Waals surface area (Å²) in [7, 11) is 3.35. The quantitative estimate of drug-likeness (QED) is 0.812. The van der Waals surface area contributed by atoms with Crippen LogP contribution in [0.4, 0.5) is 4.79 Å². The van der Waals surface area contributed by atoms with Crippen molar-refractivity contribution in [3.05, 3.63) is 22.6 Å². The van der Waals surface area contributed by atoms with Crippen LogP contribution in [0.5, 0.6) is 0 Å². The van der Waals surface area contributed by atoms with Gasteiger partial charge in [0.25, 0.3) is 5.91 Å². The first-order chi connectivity index (χ1) is 10.1. The summed E-state index contributed by atoms with van der Waals surface area (Å²) < 4.78 is 5.82. The minimum atomic E-state index is -0.719. The van der Waals surface area contributed by atoms with Gasteiger partial charge in [0.15, 0.2) is 5.76 Å². The summed E-state index contributed by atoms with van der Waals surface area (Å²) in [6.07, 6.45) is 1.37. The van der Waals surface area contributed by atoms with Gasteiger partial charge in [0.1, 0.15) is 5.76 Å². The van der Waals surface area contributed by atoms with E-state index in [1.165, 1.54) is 4.90 Å². The average Bonchev–Trinajstić information content (AvgIpc) is 2.70. The van der Waals surface area contributed by atoms with E-state index in [1.807, 2.05) is 6.92 Å². The van der Waals surface area contributed by atoms with Crippen LogP contribution in [0.15, 0.2) is 9.52 Å². The number of hydrazone groups is 1. The number of nitrogens with one attached hydrogen (secondary N) is 1. The summed E-state index contributed by atoms with van der Waals surface area (Å²) in [5.41, 5.74) is 9.52. The Labute approximate surface area is 129 Å². The Morgan fingerprint density at radius 2 is 1.95 bits per heavy atom. The lowest BCUT2D eigenvalue weighted by molar-refractivity contribution is 0.0792. The number of fused-ring (bicyclic) bond motifs is 1. The Morgan fingerprint density at radius 1 is 1.32 bits per heavy atom. The molecule has 2 rings (SSSR count). The molecule has 1 aromatic rings. The zero-order chi connectivity index (χ0) is 16.7. The number of carbonyl (C=O) groups is 2. The van der Waals surface area contributed by atoms with Gasteiger partial charge >= 0.3 is 6.03 Å². The summed E-state index contributed by atoms with van der Waals surface area (Å²) in [5, 5.41) is 4.11. The van der Waals surface area contributed by atoms with Crippen molar-refractivity contribution in [2.45, 2.75) is 33.6 Å². The number of nitrogens with two attached hydrogens (primary N) is 1. The standard InChI is InChI=1S/C15H22N4O3/c1-8-11-9(17-18-14(16)21)6-15(2,3)7-10(11)22-12(8)13(20)19(4)5/h6-7H2,1-5H3,(H3,16,18,21)/b17-9-. The first kappa shape index (κ1) is 16.1. The summed E-state index contributed by atoms with van der Waals surface area (Å²) in [4.78, 5) is 24.6. The normalized spacial score (nSPS) is 18.0. The van der Waals surface area contributed by atoms with Crippen molar-refractivity contribution in [2.24, 2.45) is 16.3 Å². The van der Waals surface area contributed by atoms with E-state index in [4.69, 9.17) is 10.2 Å². The molecule has 0 unspecified atom stereocenters. The van der Waals surface area contributed by atoms with Gasteiger partial charge in [0.05, 0.1) is 5.71 Å². The summed E-state index contributed by atoms with van der Waals surface area (Å²) >= 11 is 0. The Kier molecular flexibility index (Phi) is 4.00. The van der Waals surface area contributed by atoms with Gasteiger partial charge in [-0.3, -0.25) is 4.79 Å². The minimum Gasteiger partial charge on any atom is -0.455 e. The van der Waals surface area contributed by atoms with Crippen molar-refractivity contribution in [3.8, 4) is 0 Å². The van der Waals surface area contributed by atoms with E-state index >= 15 is 0 Å². The molecule has 0 bridgehead atoms. The molecule has 120 valence electrons. The third-order valence-corrected chi connectivity index (χ3v) is 3.69. The fourth-order valence-electron chi connectivity index (χ4n) is 2.74. The highest BCUT2D eigenvalue weighted by atomic mass is 16.4. The number of hydrogen-bond acceptors (Lipinski definition) is 4. The Morgan fingerprint density at radius 3 is 2.50 bits per heavy atom. The minimum absolute atomic E-state index is 0.0755. The summed E-state index contributed by atoms with van der Waals surface area (Å²) in [5.74, 6) is 0.857. The van der Waals surface area contributed by atoms with Gasteiger partial charge in [-0.1, -0.05) is 13.8 Å².